The Balaban J connectivity index is 2.55. The number of rotatable bonds is 35. The summed E-state index contributed by atoms with van der Waals surface area (Å²) in [6.45, 7) is 3.05. The molecule has 1 aliphatic carbocycles. The molecule has 0 aliphatic heterocycles. The Kier molecular flexibility index (Phi) is 34.0. The molecule has 1 fully saturated rings. The first-order valence-electron chi connectivity index (χ1n) is 22.5. The summed E-state index contributed by atoms with van der Waals surface area (Å²) in [6, 6.07) is 0. The molecule has 0 heterocycles. The molecule has 62 heavy (non-hydrogen) atoms. The lowest BCUT2D eigenvalue weighted by atomic mass is 9.85. The van der Waals surface area contributed by atoms with Crippen molar-refractivity contribution < 1.29 is 63.1 Å². The number of carbonyl (C=O) groups excluding carboxylic acids is 2. The predicted octanol–water partition coefficient (Wildman–Crippen LogP) is 8.66. The van der Waals surface area contributed by atoms with Crippen molar-refractivity contribution in [1.82, 2.24) is 0 Å². The molecule has 13 nitrogen and oxygen atoms in total. The molecular formula is C48H77O13P. The van der Waals surface area contributed by atoms with Crippen molar-refractivity contribution in [3.63, 3.8) is 0 Å². The molecule has 0 aromatic carbocycles. The van der Waals surface area contributed by atoms with E-state index in [0.29, 0.717) is 19.3 Å². The average molecular weight is 893 g/mol. The minimum absolute atomic E-state index is 0.0374. The van der Waals surface area contributed by atoms with Gasteiger partial charge in [0, 0.05) is 12.8 Å². The number of allylic oxidation sites excluding steroid dienone is 16. The molecule has 6 atom stereocenters. The van der Waals surface area contributed by atoms with Crippen LogP contribution in [0.5, 0.6) is 0 Å². The summed E-state index contributed by atoms with van der Waals surface area (Å²) in [6.07, 6.45) is 36.2. The normalized spacial score (nSPS) is 22.8. The van der Waals surface area contributed by atoms with E-state index in [-0.39, 0.29) is 12.8 Å². The average Bonchev–Trinajstić information content (AvgIpc) is 3.25. The van der Waals surface area contributed by atoms with Gasteiger partial charge in [-0.3, -0.25) is 18.6 Å². The molecule has 0 aromatic heterocycles. The van der Waals surface area contributed by atoms with Crippen molar-refractivity contribution in [3.8, 4) is 0 Å². The van der Waals surface area contributed by atoms with E-state index in [9.17, 15) is 44.6 Å². The molecule has 1 aliphatic rings. The van der Waals surface area contributed by atoms with Gasteiger partial charge in [0.2, 0.25) is 0 Å². The van der Waals surface area contributed by atoms with E-state index in [1.807, 2.05) is 18.2 Å². The highest BCUT2D eigenvalue weighted by atomic mass is 31.2. The van der Waals surface area contributed by atoms with Crippen LogP contribution in [0.25, 0.3) is 0 Å². The lowest BCUT2D eigenvalue weighted by Gasteiger charge is -2.41. The predicted molar refractivity (Wildman–Crippen MR) is 244 cm³/mol. The van der Waals surface area contributed by atoms with E-state index in [1.165, 1.54) is 12.8 Å². The van der Waals surface area contributed by atoms with Gasteiger partial charge in [-0.2, -0.15) is 0 Å². The molecular weight excluding hydrogens is 815 g/mol. The number of hydrogen-bond acceptors (Lipinski definition) is 12. The first-order valence-corrected chi connectivity index (χ1v) is 24.0. The van der Waals surface area contributed by atoms with Gasteiger partial charge in [-0.25, -0.2) is 4.57 Å². The highest BCUT2D eigenvalue weighted by Gasteiger charge is 2.51. The molecule has 0 amide bonds. The second-order valence-electron chi connectivity index (χ2n) is 15.2. The summed E-state index contributed by atoms with van der Waals surface area (Å²) in [5, 5.41) is 50.1. The maximum absolute atomic E-state index is 12.8. The van der Waals surface area contributed by atoms with E-state index in [0.717, 1.165) is 77.0 Å². The third-order valence-corrected chi connectivity index (χ3v) is 10.7. The van der Waals surface area contributed by atoms with Gasteiger partial charge in [0.1, 0.15) is 43.2 Å². The van der Waals surface area contributed by atoms with E-state index < -0.39 is 75.7 Å². The quantitative estimate of drug-likeness (QED) is 0.0153. The van der Waals surface area contributed by atoms with Crippen LogP contribution in [0.15, 0.2) is 97.2 Å². The van der Waals surface area contributed by atoms with Gasteiger partial charge >= 0.3 is 19.8 Å². The Labute approximate surface area is 370 Å². The lowest BCUT2D eigenvalue weighted by molar-refractivity contribution is -0.220. The highest BCUT2D eigenvalue weighted by molar-refractivity contribution is 7.47. The Morgan fingerprint density at radius 2 is 0.952 bits per heavy atom. The molecule has 0 saturated heterocycles. The number of phosphoric acid groups is 1. The Morgan fingerprint density at radius 1 is 0.516 bits per heavy atom. The number of ether oxygens (including phenoxy) is 2. The molecule has 0 bridgehead atoms. The first kappa shape index (κ1) is 56.8. The van der Waals surface area contributed by atoms with Gasteiger partial charge in [-0.15, -0.1) is 0 Å². The van der Waals surface area contributed by atoms with Gasteiger partial charge < -0.3 is 39.9 Å². The summed E-state index contributed by atoms with van der Waals surface area (Å²) in [4.78, 5) is 35.6. The highest BCUT2D eigenvalue weighted by Crippen LogP contribution is 2.47. The van der Waals surface area contributed by atoms with Crippen LogP contribution in [0, 0.1) is 0 Å². The van der Waals surface area contributed by atoms with Crippen LogP contribution >= 0.6 is 7.82 Å². The van der Waals surface area contributed by atoms with Gasteiger partial charge in [0.05, 0.1) is 6.61 Å². The number of esters is 2. The number of aliphatic hydroxyl groups is 5. The molecule has 0 radical (unpaired) electrons. The van der Waals surface area contributed by atoms with Crippen LogP contribution in [-0.4, -0.2) is 98.3 Å². The van der Waals surface area contributed by atoms with Crippen LogP contribution < -0.4 is 0 Å². The molecule has 6 N–H and O–H groups in total. The van der Waals surface area contributed by atoms with Crippen LogP contribution in [0.4, 0.5) is 0 Å². The molecule has 6 unspecified atom stereocenters. The minimum atomic E-state index is -5.15. The van der Waals surface area contributed by atoms with Crippen molar-refractivity contribution in [2.75, 3.05) is 13.2 Å². The van der Waals surface area contributed by atoms with Gasteiger partial charge in [0.25, 0.3) is 0 Å². The Bertz CT molecular complexity index is 1450. The summed E-state index contributed by atoms with van der Waals surface area (Å²) >= 11 is 0. The van der Waals surface area contributed by atoms with Gasteiger partial charge in [-0.1, -0.05) is 143 Å². The zero-order valence-corrected chi connectivity index (χ0v) is 38.0. The second kappa shape index (κ2) is 37.2. The topological polar surface area (TPSA) is 210 Å². The fourth-order valence-electron chi connectivity index (χ4n) is 6.03. The van der Waals surface area contributed by atoms with Crippen molar-refractivity contribution in [2.24, 2.45) is 0 Å². The van der Waals surface area contributed by atoms with E-state index in [2.05, 4.69) is 92.8 Å². The molecule has 1 rings (SSSR count). The van der Waals surface area contributed by atoms with Gasteiger partial charge in [0.15, 0.2) is 6.10 Å². The standard InChI is InChI=1S/C48H77O13P/c1-3-5-7-9-11-13-15-17-19-20-21-22-23-25-27-29-31-33-35-37-42(50)60-40(39-59-62(56,57)61-48-46(54)44(52)43(51)45(53)47(48)55)38-58-41(49)36-34-32-30-28-26-24-18-16-14-12-10-8-6-4-2/h5,7,10-13,16-19,21-22,25,27,31,33,40,43-48,51-55H,3-4,6,8-9,14-15,20,23-24,26,28-30,32,34-39H2,1-2H3,(H,56,57)/b7-5-,12-10-,13-11-,18-16-,19-17-,22-21-,27-25-,33-31-. The molecule has 1 saturated carbocycles. The molecule has 0 spiro atoms. The molecule has 0 aromatic rings. The molecule has 14 heteroatoms. The lowest BCUT2D eigenvalue weighted by Crippen LogP contribution is -2.64. The van der Waals surface area contributed by atoms with Crippen molar-refractivity contribution >= 4 is 19.8 Å². The van der Waals surface area contributed by atoms with E-state index in [1.54, 1.807) is 0 Å². The fraction of sp³-hybridized carbons (Fsp3) is 0.625. The number of aliphatic hydroxyl groups excluding tert-OH is 5. The zero-order chi connectivity index (χ0) is 45.7. The van der Waals surface area contributed by atoms with E-state index >= 15 is 0 Å². The summed E-state index contributed by atoms with van der Waals surface area (Å²) < 4.78 is 33.4. The maximum Gasteiger partial charge on any atom is 0.472 e. The third-order valence-electron chi connectivity index (χ3n) is 9.67. The van der Waals surface area contributed by atoms with Crippen molar-refractivity contribution in [3.05, 3.63) is 97.2 Å². The van der Waals surface area contributed by atoms with Crippen molar-refractivity contribution in [2.45, 2.75) is 179 Å². The number of carbonyl (C=O) groups is 2. The van der Waals surface area contributed by atoms with E-state index in [4.69, 9.17) is 18.5 Å². The third kappa shape index (κ3) is 29.2. The van der Waals surface area contributed by atoms with Crippen LogP contribution in [-0.2, 0) is 32.7 Å². The van der Waals surface area contributed by atoms with Crippen LogP contribution in [0.3, 0.4) is 0 Å². The van der Waals surface area contributed by atoms with Crippen LogP contribution in [0.1, 0.15) is 136 Å². The van der Waals surface area contributed by atoms with Gasteiger partial charge in [-0.05, 0) is 77.0 Å². The maximum atomic E-state index is 12.8. The summed E-state index contributed by atoms with van der Waals surface area (Å²) in [5.41, 5.74) is 0. The Morgan fingerprint density at radius 3 is 1.47 bits per heavy atom. The largest absolute Gasteiger partial charge is 0.472 e. The number of unbranched alkanes of at least 4 members (excludes halogenated alkanes) is 7. The monoisotopic (exact) mass is 893 g/mol. The molecule has 352 valence electrons. The minimum Gasteiger partial charge on any atom is -0.462 e. The Hall–Kier alpha value is -3.23. The summed E-state index contributed by atoms with van der Waals surface area (Å²) in [5.74, 6) is -1.23. The fourth-order valence-corrected chi connectivity index (χ4v) is 7.01. The second-order valence-corrected chi connectivity index (χ2v) is 16.6. The smallest absolute Gasteiger partial charge is 0.462 e. The number of phosphoric ester groups is 1. The van der Waals surface area contributed by atoms with Crippen molar-refractivity contribution in [1.29, 1.82) is 0 Å². The zero-order valence-electron chi connectivity index (χ0n) is 37.1. The van der Waals surface area contributed by atoms with Crippen LogP contribution in [0.2, 0.25) is 0 Å². The SMILES string of the molecule is CC/C=C\C/C=C\C/C=C\C/C=C\C/C=C\C/C=C\CCC(=O)OC(COC(=O)CCCCCCC/C=C\C/C=C\CCCC)COP(=O)(O)OC1C(O)C(O)C(O)C(O)C1O. The summed E-state index contributed by atoms with van der Waals surface area (Å²) in [7, 11) is -5.15. The first-order chi connectivity index (χ1) is 29.9. The number of hydrogen-bond donors (Lipinski definition) is 6.